The van der Waals surface area contributed by atoms with E-state index in [1.165, 1.54) is 64.2 Å². The van der Waals surface area contributed by atoms with Crippen LogP contribution in [0.4, 0.5) is 0 Å². The van der Waals surface area contributed by atoms with Gasteiger partial charge in [0.15, 0.2) is 0 Å². The van der Waals surface area contributed by atoms with Crippen LogP contribution in [0.5, 0.6) is 0 Å². The van der Waals surface area contributed by atoms with Gasteiger partial charge in [-0.15, -0.1) is 0 Å². The van der Waals surface area contributed by atoms with Crippen molar-refractivity contribution in [1.82, 2.24) is 0 Å². The SMILES string of the molecule is CCCCC(O)C(O)C/C=C\CC[C@H](O)[C@@H]1CC[C@@H](C)O1.CCCCCCCCCCCCC[C@@H](O)CC1=C[C@H](C)OC1=O. The molecule has 0 aliphatic carbocycles. The molecule has 2 unspecified atom stereocenters. The molecule has 4 N–H and O–H groups in total. The standard InChI is InChI=1S/C20H36O3.C17H32O4/c1-3-4-5-6-7-8-9-10-11-12-13-14-19(21)16-18-15-17(2)23-20(18)22;1-3-4-8-14(18)15(19)9-6-5-7-10-16(20)17-12-11-13(2)21-17/h15,17,19,21H,3-14,16H2,1-2H3;5-6,13-20H,3-4,7-12H2,1-2H3/b;6-5-/t17-,19+;13-,14?,15?,16+,17+/m01/s1. The first-order valence-electron chi connectivity index (χ1n) is 18.1. The summed E-state index contributed by atoms with van der Waals surface area (Å²) in [6.45, 7) is 8.21. The second-order valence-corrected chi connectivity index (χ2v) is 13.2. The van der Waals surface area contributed by atoms with Crippen LogP contribution >= 0.6 is 0 Å². The second-order valence-electron chi connectivity index (χ2n) is 13.2. The van der Waals surface area contributed by atoms with Crippen molar-refractivity contribution in [2.45, 2.75) is 205 Å². The minimum absolute atomic E-state index is 0.0187. The Hall–Kier alpha value is -1.25. The van der Waals surface area contributed by atoms with Crippen molar-refractivity contribution >= 4 is 5.97 Å². The molecule has 0 bridgehead atoms. The van der Waals surface area contributed by atoms with E-state index < -0.39 is 24.4 Å². The molecule has 0 aromatic heterocycles. The second kappa shape index (κ2) is 25.9. The molecule has 258 valence electrons. The number of hydrogen-bond donors (Lipinski definition) is 4. The molecule has 2 aliphatic heterocycles. The molecule has 7 nitrogen and oxygen atoms in total. The van der Waals surface area contributed by atoms with Crippen LogP contribution in [-0.2, 0) is 14.3 Å². The van der Waals surface area contributed by atoms with Gasteiger partial charge in [0.05, 0.1) is 36.6 Å². The Balaban J connectivity index is 0.000000442. The summed E-state index contributed by atoms with van der Waals surface area (Å²) in [4.78, 5) is 11.5. The first kappa shape index (κ1) is 40.8. The Morgan fingerprint density at radius 1 is 0.773 bits per heavy atom. The first-order valence-corrected chi connectivity index (χ1v) is 18.1. The number of carbonyl (C=O) groups excluding carboxylic acids is 1. The zero-order valence-electron chi connectivity index (χ0n) is 28.6. The summed E-state index contributed by atoms with van der Waals surface area (Å²) >= 11 is 0. The lowest BCUT2D eigenvalue weighted by Crippen LogP contribution is -2.25. The molecule has 2 rings (SSSR count). The summed E-state index contributed by atoms with van der Waals surface area (Å²) in [7, 11) is 0. The fourth-order valence-electron chi connectivity index (χ4n) is 5.87. The van der Waals surface area contributed by atoms with Crippen molar-refractivity contribution in [3.63, 3.8) is 0 Å². The third-order valence-corrected chi connectivity index (χ3v) is 8.75. The zero-order valence-corrected chi connectivity index (χ0v) is 28.6. The average molecular weight is 625 g/mol. The van der Waals surface area contributed by atoms with E-state index in [-0.39, 0.29) is 24.3 Å². The molecule has 7 atom stereocenters. The lowest BCUT2D eigenvalue weighted by Gasteiger charge is -2.17. The molecule has 1 fully saturated rings. The number of rotatable bonds is 24. The number of hydrogen-bond acceptors (Lipinski definition) is 7. The molecule has 0 saturated carbocycles. The largest absolute Gasteiger partial charge is 0.455 e. The lowest BCUT2D eigenvalue weighted by molar-refractivity contribution is -0.139. The van der Waals surface area contributed by atoms with E-state index in [0.717, 1.165) is 44.9 Å². The van der Waals surface area contributed by atoms with Gasteiger partial charge < -0.3 is 29.9 Å². The van der Waals surface area contributed by atoms with Crippen LogP contribution in [0.2, 0.25) is 0 Å². The predicted molar refractivity (Wildman–Crippen MR) is 179 cm³/mol. The number of aliphatic hydroxyl groups is 4. The highest BCUT2D eigenvalue weighted by molar-refractivity contribution is 5.90. The predicted octanol–water partition coefficient (Wildman–Crippen LogP) is 7.86. The Bertz CT molecular complexity index is 767. The van der Waals surface area contributed by atoms with Crippen LogP contribution in [0, 0.1) is 0 Å². The van der Waals surface area contributed by atoms with E-state index in [0.29, 0.717) is 31.3 Å². The van der Waals surface area contributed by atoms with E-state index in [4.69, 9.17) is 9.47 Å². The zero-order chi connectivity index (χ0) is 32.6. The molecule has 0 spiro atoms. The highest BCUT2D eigenvalue weighted by Gasteiger charge is 2.27. The fourth-order valence-corrected chi connectivity index (χ4v) is 5.87. The average Bonchev–Trinajstić information content (AvgIpc) is 3.57. The van der Waals surface area contributed by atoms with Crippen LogP contribution in [0.1, 0.15) is 163 Å². The highest BCUT2D eigenvalue weighted by atomic mass is 16.5. The number of esters is 1. The smallest absolute Gasteiger partial charge is 0.334 e. The van der Waals surface area contributed by atoms with Gasteiger partial charge in [-0.1, -0.05) is 109 Å². The van der Waals surface area contributed by atoms with Crippen LogP contribution in [0.25, 0.3) is 0 Å². The molecular weight excluding hydrogens is 556 g/mol. The maximum absolute atomic E-state index is 11.5. The van der Waals surface area contributed by atoms with Crippen molar-refractivity contribution in [3.05, 3.63) is 23.8 Å². The molecule has 2 heterocycles. The number of unbranched alkanes of at least 4 members (excludes halogenated alkanes) is 11. The Morgan fingerprint density at radius 3 is 1.93 bits per heavy atom. The van der Waals surface area contributed by atoms with Gasteiger partial charge in [0.1, 0.15) is 6.10 Å². The van der Waals surface area contributed by atoms with Gasteiger partial charge in [-0.25, -0.2) is 4.79 Å². The summed E-state index contributed by atoms with van der Waals surface area (Å²) in [6.07, 6.45) is 25.9. The van der Waals surface area contributed by atoms with Crippen LogP contribution in [0.15, 0.2) is 23.8 Å². The molecular formula is C37H68O7. The molecule has 0 radical (unpaired) electrons. The minimum atomic E-state index is -0.684. The Labute approximate surface area is 269 Å². The summed E-state index contributed by atoms with van der Waals surface area (Å²) < 4.78 is 10.7. The Kier molecular flexibility index (Phi) is 24.0. The minimum Gasteiger partial charge on any atom is -0.455 e. The van der Waals surface area contributed by atoms with E-state index in [1.54, 1.807) is 0 Å². The maximum atomic E-state index is 11.5. The first-order chi connectivity index (χ1) is 21.2. The van der Waals surface area contributed by atoms with Crippen LogP contribution < -0.4 is 0 Å². The van der Waals surface area contributed by atoms with Gasteiger partial charge in [-0.2, -0.15) is 0 Å². The van der Waals surface area contributed by atoms with Crippen molar-refractivity contribution in [1.29, 1.82) is 0 Å². The summed E-state index contributed by atoms with van der Waals surface area (Å²) in [5.74, 6) is -0.254. The van der Waals surface area contributed by atoms with E-state index in [1.807, 2.05) is 32.1 Å². The van der Waals surface area contributed by atoms with Gasteiger partial charge in [-0.3, -0.25) is 0 Å². The highest BCUT2D eigenvalue weighted by Crippen LogP contribution is 2.24. The lowest BCUT2D eigenvalue weighted by atomic mass is 10.0. The fraction of sp³-hybridized carbons (Fsp3) is 0.865. The van der Waals surface area contributed by atoms with E-state index >= 15 is 0 Å². The van der Waals surface area contributed by atoms with E-state index in [9.17, 15) is 25.2 Å². The van der Waals surface area contributed by atoms with Gasteiger partial charge in [-0.05, 0) is 64.9 Å². The molecule has 0 amide bonds. The van der Waals surface area contributed by atoms with Crippen LogP contribution in [0.3, 0.4) is 0 Å². The quantitative estimate of drug-likeness (QED) is 0.0491. The number of cyclic esters (lactones) is 1. The van der Waals surface area contributed by atoms with Gasteiger partial charge in [0.2, 0.25) is 0 Å². The third-order valence-electron chi connectivity index (χ3n) is 8.75. The summed E-state index contributed by atoms with van der Waals surface area (Å²) in [5, 5.41) is 39.5. The van der Waals surface area contributed by atoms with Crippen molar-refractivity contribution in [2.75, 3.05) is 0 Å². The third kappa shape index (κ3) is 20.0. The van der Waals surface area contributed by atoms with Gasteiger partial charge in [0, 0.05) is 12.0 Å². The molecule has 44 heavy (non-hydrogen) atoms. The van der Waals surface area contributed by atoms with Crippen molar-refractivity contribution < 1.29 is 34.7 Å². The number of ether oxygens (including phenoxy) is 2. The van der Waals surface area contributed by atoms with Crippen molar-refractivity contribution in [2.24, 2.45) is 0 Å². The molecule has 2 aliphatic rings. The van der Waals surface area contributed by atoms with Crippen LogP contribution in [-0.4, -0.2) is 69.1 Å². The van der Waals surface area contributed by atoms with Gasteiger partial charge >= 0.3 is 5.97 Å². The number of aliphatic hydroxyl groups excluding tert-OH is 4. The molecule has 0 aromatic carbocycles. The van der Waals surface area contributed by atoms with Crippen molar-refractivity contribution in [3.8, 4) is 0 Å². The monoisotopic (exact) mass is 624 g/mol. The maximum Gasteiger partial charge on any atom is 0.334 e. The normalized spacial score (nSPS) is 22.8. The molecule has 0 aromatic rings. The molecule has 7 heteroatoms. The molecule has 1 saturated heterocycles. The number of allylic oxidation sites excluding steroid dienone is 1. The van der Waals surface area contributed by atoms with Gasteiger partial charge in [0.25, 0.3) is 0 Å². The van der Waals surface area contributed by atoms with E-state index in [2.05, 4.69) is 13.8 Å². The topological polar surface area (TPSA) is 116 Å². The Morgan fingerprint density at radius 2 is 1.39 bits per heavy atom. The number of carbonyl (C=O) groups is 1. The summed E-state index contributed by atoms with van der Waals surface area (Å²) in [6, 6.07) is 0. The summed E-state index contributed by atoms with van der Waals surface area (Å²) in [5.41, 5.74) is 0.646.